The molecule has 122 valence electrons. The molecule has 2 N–H and O–H groups in total. The van der Waals surface area contributed by atoms with Gasteiger partial charge >= 0.3 is 6.03 Å². The lowest BCUT2D eigenvalue weighted by Gasteiger charge is -2.36. The zero-order valence-electron chi connectivity index (χ0n) is 12.9. The van der Waals surface area contributed by atoms with Gasteiger partial charge in [-0.05, 0) is 12.1 Å². The van der Waals surface area contributed by atoms with Crippen LogP contribution < -0.4 is 10.2 Å². The Balaban J connectivity index is 1.50. The molecule has 0 saturated carbocycles. The van der Waals surface area contributed by atoms with Crippen LogP contribution in [0.3, 0.4) is 0 Å². The third-order valence-electron chi connectivity index (χ3n) is 3.76. The van der Waals surface area contributed by atoms with E-state index in [1.165, 1.54) is 0 Å². The first kappa shape index (κ1) is 15.1. The SMILES string of the molecule is Cc1nc(CNC(=O)N2CCN(c3ccccc3O)CC2)no1. The number of nitrogens with one attached hydrogen (secondary N) is 1. The molecule has 1 aliphatic rings. The minimum Gasteiger partial charge on any atom is -0.506 e. The molecular formula is C15H19N5O3. The number of carbonyl (C=O) groups excluding carboxylic acids is 1. The maximum atomic E-state index is 12.1. The Morgan fingerprint density at radius 1 is 1.30 bits per heavy atom. The van der Waals surface area contributed by atoms with Crippen molar-refractivity contribution < 1.29 is 14.4 Å². The quantitative estimate of drug-likeness (QED) is 0.881. The predicted molar refractivity (Wildman–Crippen MR) is 83.2 cm³/mol. The number of aryl methyl sites for hydroxylation is 1. The molecule has 8 nitrogen and oxygen atoms in total. The van der Waals surface area contributed by atoms with Crippen molar-refractivity contribution in [1.29, 1.82) is 0 Å². The third-order valence-corrected chi connectivity index (χ3v) is 3.76. The van der Waals surface area contributed by atoms with E-state index in [1.807, 2.05) is 12.1 Å². The second kappa shape index (κ2) is 6.55. The van der Waals surface area contributed by atoms with Gasteiger partial charge in [-0.3, -0.25) is 0 Å². The van der Waals surface area contributed by atoms with Crippen molar-refractivity contribution >= 4 is 11.7 Å². The molecule has 2 amide bonds. The van der Waals surface area contributed by atoms with Crippen LogP contribution in [0.15, 0.2) is 28.8 Å². The van der Waals surface area contributed by atoms with Crippen molar-refractivity contribution in [3.8, 4) is 5.75 Å². The topological polar surface area (TPSA) is 94.7 Å². The highest BCUT2D eigenvalue weighted by molar-refractivity contribution is 5.74. The zero-order valence-corrected chi connectivity index (χ0v) is 12.9. The molecule has 0 atom stereocenters. The molecule has 0 bridgehead atoms. The second-order valence-electron chi connectivity index (χ2n) is 5.35. The highest BCUT2D eigenvalue weighted by atomic mass is 16.5. The summed E-state index contributed by atoms with van der Waals surface area (Å²) in [5.41, 5.74) is 0.801. The van der Waals surface area contributed by atoms with Crippen molar-refractivity contribution in [2.75, 3.05) is 31.1 Å². The van der Waals surface area contributed by atoms with Crippen molar-refractivity contribution in [2.45, 2.75) is 13.5 Å². The number of aromatic nitrogens is 2. The number of anilines is 1. The summed E-state index contributed by atoms with van der Waals surface area (Å²) in [6.45, 7) is 4.47. The average molecular weight is 317 g/mol. The summed E-state index contributed by atoms with van der Waals surface area (Å²) < 4.78 is 4.86. The number of phenolic OH excluding ortho intramolecular Hbond substituents is 1. The normalized spacial score (nSPS) is 14.8. The first-order valence-electron chi connectivity index (χ1n) is 7.48. The van der Waals surface area contributed by atoms with Crippen LogP contribution in [0.4, 0.5) is 10.5 Å². The minimum absolute atomic E-state index is 0.149. The number of urea groups is 1. The van der Waals surface area contributed by atoms with Crippen molar-refractivity contribution in [2.24, 2.45) is 0 Å². The Morgan fingerprint density at radius 3 is 2.70 bits per heavy atom. The standard InChI is InChI=1S/C15H19N5O3/c1-11-17-14(18-23-11)10-16-15(22)20-8-6-19(7-9-20)12-4-2-3-5-13(12)21/h2-5,21H,6-10H2,1H3,(H,16,22). The number of para-hydroxylation sites is 2. The molecule has 23 heavy (non-hydrogen) atoms. The molecule has 2 heterocycles. The molecule has 1 fully saturated rings. The maximum Gasteiger partial charge on any atom is 0.317 e. The molecule has 2 aromatic rings. The van der Waals surface area contributed by atoms with E-state index in [-0.39, 0.29) is 18.3 Å². The molecule has 1 aromatic carbocycles. The third kappa shape index (κ3) is 3.53. The van der Waals surface area contributed by atoms with E-state index in [9.17, 15) is 9.90 Å². The number of amides is 2. The van der Waals surface area contributed by atoms with Gasteiger partial charge in [0.1, 0.15) is 5.75 Å². The Labute approximate surface area is 133 Å². The number of carbonyl (C=O) groups is 1. The van der Waals surface area contributed by atoms with Crippen LogP contribution in [0.2, 0.25) is 0 Å². The summed E-state index contributed by atoms with van der Waals surface area (Å²) in [5, 5.41) is 16.4. The van der Waals surface area contributed by atoms with E-state index in [0.29, 0.717) is 37.9 Å². The number of benzene rings is 1. The van der Waals surface area contributed by atoms with Crippen LogP contribution in [-0.2, 0) is 6.54 Å². The summed E-state index contributed by atoms with van der Waals surface area (Å²) >= 11 is 0. The monoisotopic (exact) mass is 317 g/mol. The average Bonchev–Trinajstić information content (AvgIpc) is 2.99. The molecule has 3 rings (SSSR count). The number of aromatic hydroxyl groups is 1. The van der Waals surface area contributed by atoms with E-state index in [2.05, 4.69) is 20.4 Å². The first-order chi connectivity index (χ1) is 11.1. The summed E-state index contributed by atoms with van der Waals surface area (Å²) in [5.74, 6) is 1.20. The number of nitrogens with zero attached hydrogens (tertiary/aromatic N) is 4. The smallest absolute Gasteiger partial charge is 0.317 e. The number of hydrogen-bond acceptors (Lipinski definition) is 6. The van der Waals surface area contributed by atoms with E-state index >= 15 is 0 Å². The highest BCUT2D eigenvalue weighted by Gasteiger charge is 2.22. The molecule has 1 aliphatic heterocycles. The molecule has 1 saturated heterocycles. The highest BCUT2D eigenvalue weighted by Crippen LogP contribution is 2.27. The van der Waals surface area contributed by atoms with Gasteiger partial charge in [-0.2, -0.15) is 4.98 Å². The molecule has 1 aromatic heterocycles. The summed E-state index contributed by atoms with van der Waals surface area (Å²) in [4.78, 5) is 20.0. The molecular weight excluding hydrogens is 298 g/mol. The molecule has 0 spiro atoms. The molecule has 0 unspecified atom stereocenters. The van der Waals surface area contributed by atoms with Crippen LogP contribution in [0, 0.1) is 6.92 Å². The lowest BCUT2D eigenvalue weighted by Crippen LogP contribution is -2.51. The fourth-order valence-corrected chi connectivity index (χ4v) is 2.56. The predicted octanol–water partition coefficient (Wildman–Crippen LogP) is 1.12. The summed E-state index contributed by atoms with van der Waals surface area (Å²) in [6.07, 6.45) is 0. The largest absolute Gasteiger partial charge is 0.506 e. The van der Waals surface area contributed by atoms with E-state index in [1.54, 1.807) is 24.0 Å². The van der Waals surface area contributed by atoms with Gasteiger partial charge in [0.15, 0.2) is 5.82 Å². The van der Waals surface area contributed by atoms with Crippen LogP contribution >= 0.6 is 0 Å². The van der Waals surface area contributed by atoms with Gasteiger partial charge < -0.3 is 24.7 Å². The maximum absolute atomic E-state index is 12.1. The van der Waals surface area contributed by atoms with Crippen LogP contribution in [0.5, 0.6) is 5.75 Å². The minimum atomic E-state index is -0.149. The zero-order chi connectivity index (χ0) is 16.2. The van der Waals surface area contributed by atoms with Crippen molar-refractivity contribution in [1.82, 2.24) is 20.4 Å². The number of hydrogen-bond donors (Lipinski definition) is 2. The lowest BCUT2D eigenvalue weighted by atomic mass is 10.2. The van der Waals surface area contributed by atoms with Gasteiger partial charge in [0.05, 0.1) is 12.2 Å². The first-order valence-corrected chi connectivity index (χ1v) is 7.48. The Bertz CT molecular complexity index is 679. The second-order valence-corrected chi connectivity index (χ2v) is 5.35. The molecule has 8 heteroatoms. The number of phenols is 1. The fraction of sp³-hybridized carbons (Fsp3) is 0.400. The van der Waals surface area contributed by atoms with Crippen molar-refractivity contribution in [3.05, 3.63) is 36.0 Å². The molecule has 0 aliphatic carbocycles. The number of piperazine rings is 1. The Morgan fingerprint density at radius 2 is 2.04 bits per heavy atom. The summed E-state index contributed by atoms with van der Waals surface area (Å²) in [7, 11) is 0. The van der Waals surface area contributed by atoms with Gasteiger partial charge in [-0.1, -0.05) is 17.3 Å². The Hall–Kier alpha value is -2.77. The van der Waals surface area contributed by atoms with E-state index in [4.69, 9.17) is 4.52 Å². The van der Waals surface area contributed by atoms with Gasteiger partial charge in [-0.15, -0.1) is 0 Å². The fourth-order valence-electron chi connectivity index (χ4n) is 2.56. The van der Waals surface area contributed by atoms with Crippen LogP contribution in [0.1, 0.15) is 11.7 Å². The molecule has 0 radical (unpaired) electrons. The van der Waals surface area contributed by atoms with Gasteiger partial charge in [-0.25, -0.2) is 4.79 Å². The van der Waals surface area contributed by atoms with Crippen molar-refractivity contribution in [3.63, 3.8) is 0 Å². The van der Waals surface area contributed by atoms with E-state index < -0.39 is 0 Å². The summed E-state index contributed by atoms with van der Waals surface area (Å²) in [6, 6.07) is 7.08. The number of rotatable bonds is 3. The van der Waals surface area contributed by atoms with Crippen LogP contribution in [-0.4, -0.2) is 52.4 Å². The van der Waals surface area contributed by atoms with E-state index in [0.717, 1.165) is 5.69 Å². The van der Waals surface area contributed by atoms with Gasteiger partial charge in [0.25, 0.3) is 0 Å². The van der Waals surface area contributed by atoms with Gasteiger partial charge in [0, 0.05) is 33.1 Å². The Kier molecular flexibility index (Phi) is 4.31. The van der Waals surface area contributed by atoms with Crippen LogP contribution in [0.25, 0.3) is 0 Å². The van der Waals surface area contributed by atoms with Gasteiger partial charge in [0.2, 0.25) is 5.89 Å². The lowest BCUT2D eigenvalue weighted by molar-refractivity contribution is 0.193.